The highest BCUT2D eigenvalue weighted by Gasteiger charge is 2.39. The maximum Gasteiger partial charge on any atom is 0.256 e. The van der Waals surface area contributed by atoms with E-state index in [1.807, 2.05) is 19.1 Å². The zero-order valence-corrected chi connectivity index (χ0v) is 13.0. The highest BCUT2D eigenvalue weighted by Crippen LogP contribution is 2.25. The Morgan fingerprint density at radius 3 is 2.54 bits per heavy atom. The van der Waals surface area contributed by atoms with E-state index >= 15 is 0 Å². The van der Waals surface area contributed by atoms with Crippen molar-refractivity contribution in [2.24, 2.45) is 0 Å². The lowest BCUT2D eigenvalue weighted by Crippen LogP contribution is -2.34. The third kappa shape index (κ3) is 2.99. The van der Waals surface area contributed by atoms with Crippen molar-refractivity contribution in [1.29, 1.82) is 0 Å². The SMILES string of the molecule is Cc1ccc(N2C(=O)C[C@@H](Nc3cccc(C(=O)[O-])c3)C2=O)cc1. The zero-order chi connectivity index (χ0) is 17.3. The van der Waals surface area contributed by atoms with Gasteiger partial charge >= 0.3 is 0 Å². The molecule has 2 aromatic rings. The minimum atomic E-state index is -1.30. The molecule has 0 bridgehead atoms. The van der Waals surface area contributed by atoms with Crippen LogP contribution in [-0.4, -0.2) is 23.8 Å². The number of aryl methyl sites for hydroxylation is 1. The van der Waals surface area contributed by atoms with Crippen LogP contribution >= 0.6 is 0 Å². The van der Waals surface area contributed by atoms with Crippen molar-refractivity contribution in [3.63, 3.8) is 0 Å². The molecule has 0 aromatic heterocycles. The summed E-state index contributed by atoms with van der Waals surface area (Å²) in [5.41, 5.74) is 2.02. The normalized spacial score (nSPS) is 17.2. The van der Waals surface area contributed by atoms with Gasteiger partial charge < -0.3 is 15.2 Å². The summed E-state index contributed by atoms with van der Waals surface area (Å²) in [7, 11) is 0. The molecule has 0 unspecified atom stereocenters. The van der Waals surface area contributed by atoms with E-state index < -0.39 is 12.0 Å². The quantitative estimate of drug-likeness (QED) is 0.851. The van der Waals surface area contributed by atoms with Gasteiger partial charge in [-0.3, -0.25) is 9.59 Å². The van der Waals surface area contributed by atoms with E-state index in [2.05, 4.69) is 5.32 Å². The average molecular weight is 323 g/mol. The number of aromatic carboxylic acids is 1. The van der Waals surface area contributed by atoms with E-state index in [4.69, 9.17) is 0 Å². The number of carbonyl (C=O) groups excluding carboxylic acids is 3. The third-order valence-corrected chi connectivity index (χ3v) is 3.88. The van der Waals surface area contributed by atoms with Gasteiger partial charge in [-0.2, -0.15) is 0 Å². The fraction of sp³-hybridized carbons (Fsp3) is 0.167. The van der Waals surface area contributed by atoms with Gasteiger partial charge in [0.25, 0.3) is 5.91 Å². The Morgan fingerprint density at radius 1 is 1.17 bits per heavy atom. The van der Waals surface area contributed by atoms with Crippen LogP contribution in [0.1, 0.15) is 22.3 Å². The fourth-order valence-electron chi connectivity index (χ4n) is 2.65. The first-order valence-corrected chi connectivity index (χ1v) is 7.47. The number of imide groups is 1. The predicted octanol–water partition coefficient (Wildman–Crippen LogP) is 1.10. The van der Waals surface area contributed by atoms with Crippen LogP contribution in [0.15, 0.2) is 48.5 Å². The molecule has 24 heavy (non-hydrogen) atoms. The van der Waals surface area contributed by atoms with Crippen molar-refractivity contribution in [1.82, 2.24) is 0 Å². The van der Waals surface area contributed by atoms with Crippen LogP contribution in [0.5, 0.6) is 0 Å². The minimum absolute atomic E-state index is 0.00663. The fourth-order valence-corrected chi connectivity index (χ4v) is 2.65. The smallest absolute Gasteiger partial charge is 0.256 e. The lowest BCUT2D eigenvalue weighted by Gasteiger charge is -2.16. The number of carboxylic acids is 1. The van der Waals surface area contributed by atoms with Crippen LogP contribution in [0.3, 0.4) is 0 Å². The average Bonchev–Trinajstić information content (AvgIpc) is 2.83. The summed E-state index contributed by atoms with van der Waals surface area (Å²) in [4.78, 5) is 36.8. The molecule has 3 rings (SSSR count). The predicted molar refractivity (Wildman–Crippen MR) is 86.5 cm³/mol. The zero-order valence-electron chi connectivity index (χ0n) is 13.0. The summed E-state index contributed by atoms with van der Waals surface area (Å²) in [5, 5.41) is 13.8. The van der Waals surface area contributed by atoms with Crippen molar-refractivity contribution in [3.8, 4) is 0 Å². The minimum Gasteiger partial charge on any atom is -0.545 e. The van der Waals surface area contributed by atoms with Crippen molar-refractivity contribution >= 4 is 29.2 Å². The van der Waals surface area contributed by atoms with Crippen LogP contribution in [0, 0.1) is 6.92 Å². The topological polar surface area (TPSA) is 89.5 Å². The summed E-state index contributed by atoms with van der Waals surface area (Å²) in [6, 6.07) is 12.4. The first kappa shape index (κ1) is 15.7. The Bertz CT molecular complexity index is 814. The second-order valence-electron chi connectivity index (χ2n) is 5.67. The molecule has 0 aliphatic carbocycles. The Kier molecular flexibility index (Phi) is 4.04. The first-order chi connectivity index (χ1) is 11.5. The van der Waals surface area contributed by atoms with E-state index in [9.17, 15) is 19.5 Å². The molecule has 1 saturated heterocycles. The summed E-state index contributed by atoms with van der Waals surface area (Å²) in [6.07, 6.45) is 0.0161. The van der Waals surface area contributed by atoms with E-state index in [-0.39, 0.29) is 23.8 Å². The van der Waals surface area contributed by atoms with Crippen LogP contribution in [-0.2, 0) is 9.59 Å². The third-order valence-electron chi connectivity index (χ3n) is 3.88. The number of carbonyl (C=O) groups is 3. The molecular weight excluding hydrogens is 308 g/mol. The molecule has 1 atom stereocenters. The van der Waals surface area contributed by atoms with Gasteiger partial charge in [0.1, 0.15) is 6.04 Å². The molecule has 2 amide bonds. The number of rotatable bonds is 4. The van der Waals surface area contributed by atoms with Crippen LogP contribution in [0.2, 0.25) is 0 Å². The lowest BCUT2D eigenvalue weighted by molar-refractivity contribution is -0.255. The Hall–Kier alpha value is -3.15. The molecule has 6 heteroatoms. The summed E-state index contributed by atoms with van der Waals surface area (Å²) in [6.45, 7) is 1.92. The Labute approximate surface area is 138 Å². The number of hydrogen-bond donors (Lipinski definition) is 1. The summed E-state index contributed by atoms with van der Waals surface area (Å²) < 4.78 is 0. The van der Waals surface area contributed by atoms with Gasteiger partial charge in [-0.05, 0) is 36.8 Å². The van der Waals surface area contributed by atoms with Crippen LogP contribution in [0.25, 0.3) is 0 Å². The number of anilines is 2. The molecule has 1 N–H and O–H groups in total. The van der Waals surface area contributed by atoms with Crippen molar-refractivity contribution in [2.75, 3.05) is 10.2 Å². The Morgan fingerprint density at radius 2 is 1.88 bits per heavy atom. The molecule has 122 valence electrons. The van der Waals surface area contributed by atoms with E-state index in [0.717, 1.165) is 10.5 Å². The van der Waals surface area contributed by atoms with Crippen molar-refractivity contribution in [2.45, 2.75) is 19.4 Å². The van der Waals surface area contributed by atoms with Gasteiger partial charge in [0.2, 0.25) is 5.91 Å². The standard InChI is InChI=1S/C18H16N2O4/c1-11-5-7-14(8-6-11)20-16(21)10-15(17(20)22)19-13-4-2-3-12(9-13)18(23)24/h2-9,15,19H,10H2,1H3,(H,23,24)/p-1/t15-/m1/s1. The highest BCUT2D eigenvalue weighted by molar-refractivity contribution is 6.23. The van der Waals surface area contributed by atoms with E-state index in [1.54, 1.807) is 24.3 Å². The highest BCUT2D eigenvalue weighted by atomic mass is 16.4. The second-order valence-corrected chi connectivity index (χ2v) is 5.67. The molecule has 0 saturated carbocycles. The lowest BCUT2D eigenvalue weighted by atomic mass is 10.1. The monoisotopic (exact) mass is 323 g/mol. The molecule has 1 aliphatic rings. The number of nitrogens with zero attached hydrogens (tertiary/aromatic N) is 1. The van der Waals surface area contributed by atoms with Crippen LogP contribution in [0.4, 0.5) is 11.4 Å². The van der Waals surface area contributed by atoms with Gasteiger partial charge in [0, 0.05) is 5.69 Å². The van der Waals surface area contributed by atoms with Gasteiger partial charge in [-0.15, -0.1) is 0 Å². The summed E-state index contributed by atoms with van der Waals surface area (Å²) in [5.74, 6) is -1.95. The largest absolute Gasteiger partial charge is 0.545 e. The van der Waals surface area contributed by atoms with E-state index in [0.29, 0.717) is 11.4 Å². The number of hydrogen-bond acceptors (Lipinski definition) is 5. The van der Waals surface area contributed by atoms with Gasteiger partial charge in [-0.1, -0.05) is 29.8 Å². The molecular formula is C18H15N2O4-. The maximum absolute atomic E-state index is 12.5. The molecule has 2 aromatic carbocycles. The molecule has 1 aliphatic heterocycles. The van der Waals surface area contributed by atoms with Crippen molar-refractivity contribution in [3.05, 3.63) is 59.7 Å². The number of carboxylic acid groups (broad SMARTS) is 1. The molecule has 1 heterocycles. The van der Waals surface area contributed by atoms with Gasteiger partial charge in [0.15, 0.2) is 0 Å². The summed E-state index contributed by atoms with van der Waals surface area (Å²) >= 11 is 0. The first-order valence-electron chi connectivity index (χ1n) is 7.47. The molecule has 1 fully saturated rings. The maximum atomic E-state index is 12.5. The number of nitrogens with one attached hydrogen (secondary N) is 1. The molecule has 0 spiro atoms. The van der Waals surface area contributed by atoms with Gasteiger partial charge in [0.05, 0.1) is 18.1 Å². The van der Waals surface area contributed by atoms with Gasteiger partial charge in [-0.25, -0.2) is 4.90 Å². The Balaban J connectivity index is 1.80. The number of amides is 2. The van der Waals surface area contributed by atoms with Crippen LogP contribution < -0.4 is 15.3 Å². The molecule has 6 nitrogen and oxygen atoms in total. The number of benzene rings is 2. The van der Waals surface area contributed by atoms with E-state index in [1.165, 1.54) is 12.1 Å². The second kappa shape index (κ2) is 6.16. The van der Waals surface area contributed by atoms with Crippen molar-refractivity contribution < 1.29 is 19.5 Å². The molecule has 0 radical (unpaired) electrons.